The highest BCUT2D eigenvalue weighted by atomic mass is 32.2. The topological polar surface area (TPSA) is 67.2 Å². The van der Waals surface area contributed by atoms with Gasteiger partial charge in [-0.05, 0) is 31.5 Å². The zero-order valence-corrected chi connectivity index (χ0v) is 15.7. The number of imide groups is 1. The van der Waals surface area contributed by atoms with E-state index in [0.717, 1.165) is 28.8 Å². The second kappa shape index (κ2) is 7.41. The molecule has 6 nitrogen and oxygen atoms in total. The zero-order chi connectivity index (χ0) is 19.8. The predicted molar refractivity (Wildman–Crippen MR) is 95.5 cm³/mol. The van der Waals surface area contributed by atoms with Crippen LogP contribution in [0.5, 0.6) is 0 Å². The van der Waals surface area contributed by atoms with Gasteiger partial charge in [0.25, 0.3) is 0 Å². The second-order valence-electron chi connectivity index (χ2n) is 6.23. The van der Waals surface area contributed by atoms with Gasteiger partial charge in [0, 0.05) is 19.6 Å². The van der Waals surface area contributed by atoms with Gasteiger partial charge in [-0.25, -0.2) is 9.78 Å². The number of aromatic nitrogens is 2. The van der Waals surface area contributed by atoms with Crippen LogP contribution in [0, 0.1) is 0 Å². The average Bonchev–Trinajstić information content (AvgIpc) is 3.17. The molecule has 3 rings (SSSR count). The van der Waals surface area contributed by atoms with E-state index < -0.39 is 23.0 Å². The molecule has 1 saturated heterocycles. The fraction of sp³-hybridized carbons (Fsp3) is 0.471. The number of hydrogen-bond donors (Lipinski definition) is 1. The van der Waals surface area contributed by atoms with E-state index >= 15 is 0 Å². The molecule has 10 heteroatoms. The predicted octanol–water partition coefficient (Wildman–Crippen LogP) is 3.50. The molecule has 0 radical (unpaired) electrons. The van der Waals surface area contributed by atoms with Gasteiger partial charge in [-0.3, -0.25) is 9.69 Å². The molecule has 0 bridgehead atoms. The highest BCUT2D eigenvalue weighted by molar-refractivity contribution is 8.00. The Balaban J connectivity index is 1.92. The van der Waals surface area contributed by atoms with E-state index in [1.807, 2.05) is 6.92 Å². The summed E-state index contributed by atoms with van der Waals surface area (Å²) in [5, 5.41) is 2.44. The van der Waals surface area contributed by atoms with Gasteiger partial charge in [-0.1, -0.05) is 18.7 Å². The molecular formula is C17H19F3N4O2S. The summed E-state index contributed by atoms with van der Waals surface area (Å²) < 4.78 is 40.8. The summed E-state index contributed by atoms with van der Waals surface area (Å²) in [6.07, 6.45) is -3.73. The molecule has 0 aliphatic carbocycles. The van der Waals surface area contributed by atoms with Crippen molar-refractivity contribution in [1.29, 1.82) is 0 Å². The van der Waals surface area contributed by atoms with E-state index in [-0.39, 0.29) is 5.91 Å². The number of benzene rings is 1. The van der Waals surface area contributed by atoms with Crippen LogP contribution >= 0.6 is 11.8 Å². The summed E-state index contributed by atoms with van der Waals surface area (Å²) in [4.78, 5) is 29.7. The number of fused-ring (bicyclic) bond motifs is 1. The third-order valence-corrected chi connectivity index (χ3v) is 5.32. The van der Waals surface area contributed by atoms with Crippen LogP contribution in [-0.4, -0.2) is 44.7 Å². The van der Waals surface area contributed by atoms with E-state index in [1.165, 1.54) is 6.07 Å². The zero-order valence-electron chi connectivity index (χ0n) is 14.8. The molecule has 146 valence electrons. The Kier molecular flexibility index (Phi) is 5.36. The summed E-state index contributed by atoms with van der Waals surface area (Å²) in [7, 11) is 0. The molecule has 0 saturated carbocycles. The number of nitrogens with one attached hydrogen (secondary N) is 1. The maximum atomic E-state index is 13.0. The van der Waals surface area contributed by atoms with Crippen LogP contribution in [0.4, 0.5) is 18.0 Å². The Hall–Kier alpha value is -2.23. The first-order valence-electron chi connectivity index (χ1n) is 8.55. The van der Waals surface area contributed by atoms with Crippen molar-refractivity contribution < 1.29 is 22.8 Å². The molecule has 27 heavy (non-hydrogen) atoms. The highest BCUT2D eigenvalue weighted by Crippen LogP contribution is 2.34. The van der Waals surface area contributed by atoms with E-state index in [9.17, 15) is 22.8 Å². The molecule has 0 unspecified atom stereocenters. The molecule has 0 spiro atoms. The summed E-state index contributed by atoms with van der Waals surface area (Å²) >= 11 is 1.15. The lowest BCUT2D eigenvalue weighted by Crippen LogP contribution is -2.39. The molecule has 1 fully saturated rings. The molecule has 1 aliphatic rings. The number of amides is 3. The summed E-state index contributed by atoms with van der Waals surface area (Å²) in [5.74, 6) is -0.346. The summed E-state index contributed by atoms with van der Waals surface area (Å²) in [5.41, 5.74) is 0.0897. The maximum Gasteiger partial charge on any atom is 0.416 e. The smallest absolute Gasteiger partial charge is 0.336 e. The van der Waals surface area contributed by atoms with Gasteiger partial charge in [0.15, 0.2) is 5.16 Å². The van der Waals surface area contributed by atoms with Crippen LogP contribution in [0.25, 0.3) is 11.0 Å². The first-order valence-corrected chi connectivity index (χ1v) is 9.43. The van der Waals surface area contributed by atoms with E-state index in [2.05, 4.69) is 10.3 Å². The van der Waals surface area contributed by atoms with Gasteiger partial charge in [-0.15, -0.1) is 0 Å². The molecule has 2 aromatic rings. The number of hydrogen-bond acceptors (Lipinski definition) is 4. The SMILES string of the molecule is CCCn1c(S[C@H](C)C(=O)N2CCNC2=O)nc2ccc(C(F)(F)F)cc21. The number of nitrogens with zero attached hydrogens (tertiary/aromatic N) is 3. The van der Waals surface area contributed by atoms with Crippen molar-refractivity contribution in [3.05, 3.63) is 23.8 Å². The molecule has 1 aromatic heterocycles. The highest BCUT2D eigenvalue weighted by Gasteiger charge is 2.33. The Labute approximate surface area is 158 Å². The number of thioether (sulfide) groups is 1. The Morgan fingerprint density at radius 3 is 2.74 bits per heavy atom. The van der Waals surface area contributed by atoms with E-state index in [0.29, 0.717) is 42.2 Å². The number of imidazole rings is 1. The van der Waals surface area contributed by atoms with Crippen LogP contribution in [0.3, 0.4) is 0 Å². The molecule has 3 amide bonds. The first-order chi connectivity index (χ1) is 12.7. The molecular weight excluding hydrogens is 381 g/mol. The van der Waals surface area contributed by atoms with Crippen LogP contribution in [0.1, 0.15) is 25.8 Å². The number of alkyl halides is 3. The molecule has 1 atom stereocenters. The molecule has 2 heterocycles. The number of aryl methyl sites for hydroxylation is 1. The lowest BCUT2D eigenvalue weighted by molar-refractivity contribution is -0.137. The number of halogens is 3. The third-order valence-electron chi connectivity index (χ3n) is 4.24. The minimum absolute atomic E-state index is 0.308. The standard InChI is InChI=1S/C17H19F3N4O2S/c1-3-7-23-13-9-11(17(18,19)20)4-5-12(13)22-16(23)27-10(2)14(25)24-8-6-21-15(24)26/h4-5,9-10H,3,6-8H2,1-2H3,(H,21,26)/t10-/m1/s1. The van der Waals surface area contributed by atoms with Crippen molar-refractivity contribution >= 4 is 34.7 Å². The van der Waals surface area contributed by atoms with Gasteiger partial charge in [-0.2, -0.15) is 13.2 Å². The van der Waals surface area contributed by atoms with Gasteiger partial charge in [0.1, 0.15) is 0 Å². The number of carbonyl (C=O) groups excluding carboxylic acids is 2. The lowest BCUT2D eigenvalue weighted by Gasteiger charge is -2.17. The Bertz CT molecular complexity index is 881. The fourth-order valence-electron chi connectivity index (χ4n) is 2.92. The normalized spacial score (nSPS) is 16.0. The van der Waals surface area contributed by atoms with Crippen molar-refractivity contribution in [2.45, 2.75) is 43.4 Å². The van der Waals surface area contributed by atoms with Crippen LogP contribution in [-0.2, 0) is 17.5 Å². The third kappa shape index (κ3) is 3.90. The Morgan fingerprint density at radius 1 is 1.41 bits per heavy atom. The first kappa shape index (κ1) is 19.5. The van der Waals surface area contributed by atoms with Crippen molar-refractivity contribution in [2.24, 2.45) is 0 Å². The van der Waals surface area contributed by atoms with Crippen molar-refractivity contribution in [1.82, 2.24) is 19.8 Å². The van der Waals surface area contributed by atoms with Gasteiger partial charge in [0.2, 0.25) is 5.91 Å². The number of rotatable bonds is 5. The van der Waals surface area contributed by atoms with Crippen molar-refractivity contribution in [2.75, 3.05) is 13.1 Å². The van der Waals surface area contributed by atoms with Crippen LogP contribution in [0.2, 0.25) is 0 Å². The van der Waals surface area contributed by atoms with Crippen LogP contribution in [0.15, 0.2) is 23.4 Å². The van der Waals surface area contributed by atoms with E-state index in [4.69, 9.17) is 0 Å². The molecule has 1 N–H and O–H groups in total. The molecule has 1 aromatic carbocycles. The fourth-order valence-corrected chi connectivity index (χ4v) is 3.93. The Morgan fingerprint density at radius 2 is 2.15 bits per heavy atom. The number of carbonyl (C=O) groups is 2. The molecule has 1 aliphatic heterocycles. The van der Waals surface area contributed by atoms with Gasteiger partial charge in [0.05, 0.1) is 21.8 Å². The minimum Gasteiger partial charge on any atom is -0.336 e. The number of urea groups is 1. The minimum atomic E-state index is -4.44. The monoisotopic (exact) mass is 400 g/mol. The van der Waals surface area contributed by atoms with Crippen molar-refractivity contribution in [3.8, 4) is 0 Å². The summed E-state index contributed by atoms with van der Waals surface area (Å²) in [6.45, 7) is 4.77. The quantitative estimate of drug-likeness (QED) is 0.780. The largest absolute Gasteiger partial charge is 0.416 e. The van der Waals surface area contributed by atoms with Gasteiger partial charge < -0.3 is 9.88 Å². The van der Waals surface area contributed by atoms with Gasteiger partial charge >= 0.3 is 12.2 Å². The van der Waals surface area contributed by atoms with Crippen molar-refractivity contribution in [3.63, 3.8) is 0 Å². The lowest BCUT2D eigenvalue weighted by atomic mass is 10.2. The van der Waals surface area contributed by atoms with Crippen LogP contribution < -0.4 is 5.32 Å². The second-order valence-corrected chi connectivity index (χ2v) is 7.54. The van der Waals surface area contributed by atoms with E-state index in [1.54, 1.807) is 11.5 Å². The average molecular weight is 400 g/mol. The maximum absolute atomic E-state index is 13.0. The summed E-state index contributed by atoms with van der Waals surface area (Å²) in [6, 6.07) is 3.00.